The average molecular weight is 598 g/mol. The van der Waals surface area contributed by atoms with E-state index in [0.717, 1.165) is 39.0 Å². The summed E-state index contributed by atoms with van der Waals surface area (Å²) in [5, 5.41) is 20.1. The quantitative estimate of drug-likeness (QED) is 0.0904. The predicted octanol–water partition coefficient (Wildman–Crippen LogP) is 2.44. The first-order valence-corrected chi connectivity index (χ1v) is 13.3. The van der Waals surface area contributed by atoms with E-state index in [1.54, 1.807) is 24.3 Å². The van der Waals surface area contributed by atoms with Gasteiger partial charge in [-0.05, 0) is 35.2 Å². The summed E-state index contributed by atoms with van der Waals surface area (Å²) in [4.78, 5) is 63.5. The first-order chi connectivity index (χ1) is 20.5. The Labute approximate surface area is 248 Å². The van der Waals surface area contributed by atoms with Crippen LogP contribution in [0.2, 0.25) is 0 Å². The Hall–Kier alpha value is -4.94. The highest BCUT2D eigenvalue weighted by atomic mass is 16.6. The number of azide groups is 1. The molecule has 0 fully saturated rings. The number of ether oxygens (including phenoxy) is 3. The van der Waals surface area contributed by atoms with Crippen molar-refractivity contribution in [2.75, 3.05) is 13.7 Å². The summed E-state index contributed by atoms with van der Waals surface area (Å²) in [6, 6.07) is 13.7. The number of benzene rings is 2. The lowest BCUT2D eigenvalue weighted by Crippen LogP contribution is -2.59. The molecule has 230 valence electrons. The lowest BCUT2D eigenvalue weighted by Gasteiger charge is -2.36. The smallest absolute Gasteiger partial charge is 0.305 e. The molecule has 2 aromatic carbocycles. The molecule has 3 unspecified atom stereocenters. The molecule has 0 aliphatic heterocycles. The van der Waals surface area contributed by atoms with Crippen molar-refractivity contribution in [3.8, 4) is 11.1 Å². The van der Waals surface area contributed by atoms with Crippen LogP contribution in [0.5, 0.6) is 0 Å². The van der Waals surface area contributed by atoms with E-state index < -0.39 is 66.7 Å². The SMILES string of the molecule is COC(=O)CCC(N=[N+]=[N-])C(NC(C)=O)C(O)[C@H](OC(C)=O)[C@@H](CNC(=O)c1ccc(-c2ccccc2)cc1)OC(C)=O. The Morgan fingerprint density at radius 2 is 1.53 bits per heavy atom. The molecule has 2 aromatic rings. The summed E-state index contributed by atoms with van der Waals surface area (Å²) in [6.45, 7) is 2.86. The highest BCUT2D eigenvalue weighted by Gasteiger charge is 2.41. The largest absolute Gasteiger partial charge is 0.469 e. The van der Waals surface area contributed by atoms with Crippen molar-refractivity contribution in [1.82, 2.24) is 10.6 Å². The zero-order chi connectivity index (χ0) is 31.9. The number of methoxy groups -OCH3 is 1. The van der Waals surface area contributed by atoms with Crippen molar-refractivity contribution in [2.45, 2.75) is 64.0 Å². The molecule has 0 saturated heterocycles. The molecule has 0 spiro atoms. The molecule has 0 saturated carbocycles. The number of carbonyl (C=O) groups is 5. The van der Waals surface area contributed by atoms with Gasteiger partial charge in [0.15, 0.2) is 12.2 Å². The van der Waals surface area contributed by atoms with Gasteiger partial charge in [0.1, 0.15) is 6.10 Å². The zero-order valence-electron chi connectivity index (χ0n) is 24.3. The molecular formula is C29H35N5O9. The van der Waals surface area contributed by atoms with Gasteiger partial charge in [-0.25, -0.2) is 0 Å². The molecule has 0 radical (unpaired) electrons. The van der Waals surface area contributed by atoms with Gasteiger partial charge in [0, 0.05) is 37.7 Å². The fourth-order valence-electron chi connectivity index (χ4n) is 4.33. The van der Waals surface area contributed by atoms with Gasteiger partial charge in [-0.2, -0.15) is 0 Å². The summed E-state index contributed by atoms with van der Waals surface area (Å²) in [5.41, 5.74) is 11.3. The van der Waals surface area contributed by atoms with Crippen LogP contribution in [-0.2, 0) is 33.4 Å². The Morgan fingerprint density at radius 3 is 2.07 bits per heavy atom. The van der Waals surface area contributed by atoms with Crippen LogP contribution in [0, 0.1) is 0 Å². The van der Waals surface area contributed by atoms with Gasteiger partial charge >= 0.3 is 17.9 Å². The van der Waals surface area contributed by atoms with Gasteiger partial charge in [0.05, 0.1) is 25.7 Å². The number of rotatable bonds is 15. The van der Waals surface area contributed by atoms with Crippen LogP contribution in [-0.4, -0.2) is 78.9 Å². The van der Waals surface area contributed by atoms with E-state index in [-0.39, 0.29) is 18.4 Å². The molecule has 43 heavy (non-hydrogen) atoms. The Morgan fingerprint density at radius 1 is 0.930 bits per heavy atom. The van der Waals surface area contributed by atoms with Crippen LogP contribution in [0.3, 0.4) is 0 Å². The molecule has 5 atom stereocenters. The Bertz CT molecular complexity index is 1310. The summed E-state index contributed by atoms with van der Waals surface area (Å²) < 4.78 is 15.3. The predicted molar refractivity (Wildman–Crippen MR) is 153 cm³/mol. The van der Waals surface area contributed by atoms with E-state index in [2.05, 4.69) is 25.4 Å². The maximum Gasteiger partial charge on any atom is 0.305 e. The number of hydrogen-bond donors (Lipinski definition) is 3. The van der Waals surface area contributed by atoms with Crippen LogP contribution < -0.4 is 10.6 Å². The monoisotopic (exact) mass is 597 g/mol. The minimum absolute atomic E-state index is 0.153. The van der Waals surface area contributed by atoms with E-state index >= 15 is 0 Å². The highest BCUT2D eigenvalue weighted by molar-refractivity contribution is 5.94. The molecule has 0 bridgehead atoms. The summed E-state index contributed by atoms with van der Waals surface area (Å²) in [6.07, 6.45) is -5.29. The molecule has 0 aliphatic carbocycles. The third kappa shape index (κ3) is 11.1. The van der Waals surface area contributed by atoms with Gasteiger partial charge in [-0.3, -0.25) is 24.0 Å². The number of nitrogens with zero attached hydrogens (tertiary/aromatic N) is 3. The fraction of sp³-hybridized carbons (Fsp3) is 0.414. The Balaban J connectivity index is 2.34. The Kier molecular flexibility index (Phi) is 13.6. The van der Waals surface area contributed by atoms with Gasteiger partial charge in [0.2, 0.25) is 5.91 Å². The van der Waals surface area contributed by atoms with E-state index in [0.29, 0.717) is 0 Å². The second-order valence-corrected chi connectivity index (χ2v) is 9.48. The molecule has 14 heteroatoms. The lowest BCUT2D eigenvalue weighted by atomic mass is 9.92. The molecule has 2 amide bonds. The number of aliphatic hydroxyl groups excluding tert-OH is 1. The van der Waals surface area contributed by atoms with Crippen LogP contribution in [0.1, 0.15) is 44.0 Å². The molecule has 0 aromatic heterocycles. The van der Waals surface area contributed by atoms with Gasteiger partial charge in [0.25, 0.3) is 5.91 Å². The number of amides is 2. The average Bonchev–Trinajstić information content (AvgIpc) is 2.98. The van der Waals surface area contributed by atoms with Gasteiger partial charge in [-0.1, -0.05) is 47.6 Å². The number of carbonyl (C=O) groups excluding carboxylic acids is 5. The van der Waals surface area contributed by atoms with Crippen LogP contribution in [0.15, 0.2) is 59.7 Å². The molecular weight excluding hydrogens is 562 g/mol. The van der Waals surface area contributed by atoms with E-state index in [1.807, 2.05) is 30.3 Å². The van der Waals surface area contributed by atoms with Crippen molar-refractivity contribution >= 4 is 29.7 Å². The van der Waals surface area contributed by atoms with Gasteiger partial charge < -0.3 is 30.0 Å². The van der Waals surface area contributed by atoms with E-state index in [4.69, 9.17) is 15.0 Å². The molecule has 3 N–H and O–H groups in total. The second kappa shape index (κ2) is 17.1. The molecule has 14 nitrogen and oxygen atoms in total. The maximum atomic E-state index is 13.0. The summed E-state index contributed by atoms with van der Waals surface area (Å²) >= 11 is 0. The number of esters is 3. The fourth-order valence-corrected chi connectivity index (χ4v) is 4.33. The minimum Gasteiger partial charge on any atom is -0.469 e. The standard InChI is InChI=1S/C29H35N5O9/c1-17(35)32-26(23(33-34-30)14-15-25(38)41-4)27(39)28(43-19(3)37)24(42-18(2)36)16-31-29(40)22-12-10-21(11-13-22)20-8-6-5-7-9-20/h5-13,23-24,26-28,39H,14-16H2,1-4H3,(H,31,40)(H,32,35)/t23?,24-,26?,27?,28-/m1/s1. The highest BCUT2D eigenvalue weighted by Crippen LogP contribution is 2.21. The minimum atomic E-state index is -1.83. The third-order valence-electron chi connectivity index (χ3n) is 6.26. The first-order valence-electron chi connectivity index (χ1n) is 13.3. The third-order valence-corrected chi connectivity index (χ3v) is 6.26. The van der Waals surface area contributed by atoms with Crippen LogP contribution >= 0.6 is 0 Å². The summed E-state index contributed by atoms with van der Waals surface area (Å²) in [7, 11) is 1.16. The van der Waals surface area contributed by atoms with Crippen LogP contribution in [0.4, 0.5) is 0 Å². The second-order valence-electron chi connectivity index (χ2n) is 9.48. The van der Waals surface area contributed by atoms with Crippen molar-refractivity contribution in [2.24, 2.45) is 5.11 Å². The number of aliphatic hydroxyl groups is 1. The van der Waals surface area contributed by atoms with Crippen molar-refractivity contribution in [3.05, 3.63) is 70.6 Å². The molecule has 2 rings (SSSR count). The summed E-state index contributed by atoms with van der Waals surface area (Å²) in [5.74, 6) is -3.51. The van der Waals surface area contributed by atoms with E-state index in [1.165, 1.54) is 0 Å². The van der Waals surface area contributed by atoms with Gasteiger partial charge in [-0.15, -0.1) is 0 Å². The van der Waals surface area contributed by atoms with Crippen molar-refractivity contribution in [3.63, 3.8) is 0 Å². The number of nitrogens with one attached hydrogen (secondary N) is 2. The zero-order valence-corrected chi connectivity index (χ0v) is 24.3. The topological polar surface area (TPSA) is 206 Å². The van der Waals surface area contributed by atoms with Crippen molar-refractivity contribution in [1.29, 1.82) is 0 Å². The van der Waals surface area contributed by atoms with Crippen LogP contribution in [0.25, 0.3) is 21.6 Å². The molecule has 0 aliphatic rings. The maximum absolute atomic E-state index is 13.0. The molecule has 0 heterocycles. The van der Waals surface area contributed by atoms with Crippen molar-refractivity contribution < 1.29 is 43.3 Å². The first kappa shape index (κ1) is 34.3. The lowest BCUT2D eigenvalue weighted by molar-refractivity contribution is -0.176. The number of hydrogen-bond acceptors (Lipinski definition) is 10. The van der Waals surface area contributed by atoms with E-state index in [9.17, 15) is 29.1 Å². The normalized spacial score (nSPS) is 14.0.